The smallest absolute Gasteiger partial charge is 0.248 e. The van der Waals surface area contributed by atoms with Crippen LogP contribution in [0.5, 0.6) is 0 Å². The fraction of sp³-hybridized carbons (Fsp3) is 0.348. The molecule has 2 aromatic heterocycles. The van der Waals surface area contributed by atoms with Gasteiger partial charge in [-0.15, -0.1) is 5.10 Å². The molecule has 2 amide bonds. The first-order valence-corrected chi connectivity index (χ1v) is 11.1. The monoisotopic (exact) mass is 463 g/mol. The van der Waals surface area contributed by atoms with E-state index >= 15 is 0 Å². The van der Waals surface area contributed by atoms with E-state index in [-0.39, 0.29) is 29.8 Å². The lowest BCUT2D eigenvalue weighted by Gasteiger charge is -2.44. The van der Waals surface area contributed by atoms with E-state index in [9.17, 15) is 9.59 Å². The van der Waals surface area contributed by atoms with Gasteiger partial charge in [0.1, 0.15) is 5.82 Å². The summed E-state index contributed by atoms with van der Waals surface area (Å²) in [5, 5.41) is 10.3. The lowest BCUT2D eigenvalue weighted by Crippen LogP contribution is -2.58. The number of aromatic nitrogens is 4. The van der Waals surface area contributed by atoms with Crippen LogP contribution in [-0.2, 0) is 9.59 Å². The van der Waals surface area contributed by atoms with Crippen molar-refractivity contribution in [3.05, 3.63) is 42.6 Å². The Morgan fingerprint density at radius 2 is 1.68 bits per heavy atom. The maximum absolute atomic E-state index is 12.0. The minimum Gasteiger partial charge on any atom is -0.368 e. The number of carbonyl (C=O) groups is 2. The van der Waals surface area contributed by atoms with E-state index in [0.717, 1.165) is 17.2 Å². The highest BCUT2D eigenvalue weighted by Gasteiger charge is 2.31. The van der Waals surface area contributed by atoms with Gasteiger partial charge in [0.15, 0.2) is 0 Å². The normalized spacial score (nSPS) is 18.0. The zero-order valence-corrected chi connectivity index (χ0v) is 19.7. The molecule has 178 valence electrons. The molecule has 1 aromatic carbocycles. The van der Waals surface area contributed by atoms with Crippen molar-refractivity contribution in [2.75, 3.05) is 34.4 Å². The number of pyridine rings is 1. The standard InChI is InChI=1S/C23H29N9O2/c1-14-12-30(13-15(2)31(14)17(4)34)21-11-20(9-10-25-21)32-22(24)28-23(29-32)27-19-7-5-18(6-8-19)26-16(3)33/h5-11,14-15H,12-13H2,1-4H3,(H,26,33)(H3,24,27,28,29). The third-order valence-electron chi connectivity index (χ3n) is 5.67. The molecular weight excluding hydrogens is 434 g/mol. The summed E-state index contributed by atoms with van der Waals surface area (Å²) in [6.07, 6.45) is 1.71. The third kappa shape index (κ3) is 4.92. The summed E-state index contributed by atoms with van der Waals surface area (Å²) in [6.45, 7) is 8.54. The summed E-state index contributed by atoms with van der Waals surface area (Å²) >= 11 is 0. The summed E-state index contributed by atoms with van der Waals surface area (Å²) in [5.41, 5.74) is 8.35. The zero-order chi connectivity index (χ0) is 24.4. The molecule has 0 aliphatic carbocycles. The molecule has 3 heterocycles. The molecule has 0 bridgehead atoms. The van der Waals surface area contributed by atoms with Gasteiger partial charge in [-0.1, -0.05) is 0 Å². The van der Waals surface area contributed by atoms with Gasteiger partial charge in [-0.3, -0.25) is 9.59 Å². The molecule has 2 unspecified atom stereocenters. The van der Waals surface area contributed by atoms with Gasteiger partial charge < -0.3 is 26.2 Å². The molecule has 0 spiro atoms. The number of rotatable bonds is 5. The molecule has 1 saturated heterocycles. The van der Waals surface area contributed by atoms with Crippen LogP contribution in [0.1, 0.15) is 27.7 Å². The van der Waals surface area contributed by atoms with E-state index in [0.29, 0.717) is 24.7 Å². The first kappa shape index (κ1) is 23.0. The predicted octanol–water partition coefficient (Wildman–Crippen LogP) is 2.39. The van der Waals surface area contributed by atoms with Crippen molar-refractivity contribution >= 4 is 40.9 Å². The molecule has 4 N–H and O–H groups in total. The van der Waals surface area contributed by atoms with Gasteiger partial charge in [-0.2, -0.15) is 9.67 Å². The summed E-state index contributed by atoms with van der Waals surface area (Å²) in [7, 11) is 0. The minimum atomic E-state index is -0.129. The van der Waals surface area contributed by atoms with Crippen LogP contribution in [0, 0.1) is 0 Å². The molecule has 11 heteroatoms. The number of nitrogen functional groups attached to an aromatic ring is 1. The van der Waals surface area contributed by atoms with E-state index in [1.54, 1.807) is 29.9 Å². The van der Waals surface area contributed by atoms with Crippen molar-refractivity contribution in [1.29, 1.82) is 0 Å². The van der Waals surface area contributed by atoms with Crippen molar-refractivity contribution in [3.8, 4) is 5.69 Å². The first-order chi connectivity index (χ1) is 16.2. The average molecular weight is 464 g/mol. The van der Waals surface area contributed by atoms with E-state index in [1.807, 2.05) is 43.0 Å². The molecule has 0 radical (unpaired) electrons. The summed E-state index contributed by atoms with van der Waals surface area (Å²) in [5.74, 6) is 1.33. The Hall–Kier alpha value is -4.15. The van der Waals surface area contributed by atoms with Crippen molar-refractivity contribution in [1.82, 2.24) is 24.6 Å². The largest absolute Gasteiger partial charge is 0.368 e. The summed E-state index contributed by atoms with van der Waals surface area (Å²) in [6, 6.07) is 11.1. The van der Waals surface area contributed by atoms with Gasteiger partial charge in [-0.05, 0) is 44.2 Å². The molecule has 3 aromatic rings. The fourth-order valence-electron chi connectivity index (χ4n) is 4.38. The highest BCUT2D eigenvalue weighted by Crippen LogP contribution is 2.24. The maximum atomic E-state index is 12.0. The van der Waals surface area contributed by atoms with Gasteiger partial charge in [-0.25, -0.2) is 4.98 Å². The Morgan fingerprint density at radius 1 is 1.03 bits per heavy atom. The van der Waals surface area contributed by atoms with E-state index < -0.39 is 0 Å². The predicted molar refractivity (Wildman–Crippen MR) is 131 cm³/mol. The molecule has 1 aliphatic heterocycles. The van der Waals surface area contributed by atoms with Crippen LogP contribution in [0.4, 0.5) is 29.1 Å². The van der Waals surface area contributed by atoms with Crippen molar-refractivity contribution in [2.24, 2.45) is 0 Å². The number of hydrogen-bond acceptors (Lipinski definition) is 8. The lowest BCUT2D eigenvalue weighted by molar-refractivity contribution is -0.133. The number of hydrogen-bond donors (Lipinski definition) is 3. The number of anilines is 5. The Balaban J connectivity index is 1.51. The first-order valence-electron chi connectivity index (χ1n) is 11.1. The van der Waals surface area contributed by atoms with Crippen LogP contribution in [0.15, 0.2) is 42.6 Å². The van der Waals surface area contributed by atoms with Crippen LogP contribution in [0.25, 0.3) is 5.69 Å². The van der Waals surface area contributed by atoms with Crippen molar-refractivity contribution < 1.29 is 9.59 Å². The molecule has 0 saturated carbocycles. The Labute approximate surface area is 198 Å². The van der Waals surface area contributed by atoms with Crippen molar-refractivity contribution in [3.63, 3.8) is 0 Å². The average Bonchev–Trinajstić information content (AvgIpc) is 3.14. The van der Waals surface area contributed by atoms with Gasteiger partial charge in [0.05, 0.1) is 5.69 Å². The molecule has 11 nitrogen and oxygen atoms in total. The number of nitrogens with two attached hydrogens (primary N) is 1. The van der Waals surface area contributed by atoms with Crippen LogP contribution in [0.2, 0.25) is 0 Å². The van der Waals surface area contributed by atoms with Gasteiger partial charge in [0, 0.05) is 62.7 Å². The number of nitrogens with one attached hydrogen (secondary N) is 2. The Kier molecular flexibility index (Phi) is 6.35. The zero-order valence-electron chi connectivity index (χ0n) is 19.7. The number of amides is 2. The molecule has 34 heavy (non-hydrogen) atoms. The fourth-order valence-corrected chi connectivity index (χ4v) is 4.38. The second kappa shape index (κ2) is 9.38. The summed E-state index contributed by atoms with van der Waals surface area (Å²) < 4.78 is 1.55. The minimum absolute atomic E-state index is 0.0796. The molecule has 2 atom stereocenters. The highest BCUT2D eigenvalue weighted by atomic mass is 16.2. The maximum Gasteiger partial charge on any atom is 0.248 e. The topological polar surface area (TPSA) is 134 Å². The molecular formula is C23H29N9O2. The second-order valence-electron chi connectivity index (χ2n) is 8.49. The number of benzene rings is 1. The third-order valence-corrected chi connectivity index (χ3v) is 5.67. The summed E-state index contributed by atoms with van der Waals surface area (Å²) in [4.78, 5) is 36.1. The van der Waals surface area contributed by atoms with Gasteiger partial charge in [0.2, 0.25) is 23.7 Å². The molecule has 4 rings (SSSR count). The number of carbonyl (C=O) groups excluding carboxylic acids is 2. The van der Waals surface area contributed by atoms with E-state index in [4.69, 9.17) is 5.73 Å². The van der Waals surface area contributed by atoms with Gasteiger partial charge in [0.25, 0.3) is 0 Å². The molecule has 1 aliphatic rings. The Bertz CT molecular complexity index is 1180. The SMILES string of the molecule is CC(=O)Nc1ccc(Nc2nc(N)n(-c3ccnc(N4CC(C)N(C(C)=O)C(C)C4)c3)n2)cc1. The van der Waals surface area contributed by atoms with Gasteiger partial charge >= 0.3 is 0 Å². The quantitative estimate of drug-likeness (QED) is 0.525. The van der Waals surface area contributed by atoms with E-state index in [2.05, 4.69) is 30.6 Å². The molecule has 1 fully saturated rings. The van der Waals surface area contributed by atoms with Crippen molar-refractivity contribution in [2.45, 2.75) is 39.8 Å². The second-order valence-corrected chi connectivity index (χ2v) is 8.49. The van der Waals surface area contributed by atoms with Crippen LogP contribution >= 0.6 is 0 Å². The number of piperazine rings is 1. The lowest BCUT2D eigenvalue weighted by atomic mass is 10.1. The van der Waals surface area contributed by atoms with Crippen LogP contribution in [-0.4, -0.2) is 61.6 Å². The van der Waals surface area contributed by atoms with Crippen LogP contribution in [0.3, 0.4) is 0 Å². The van der Waals surface area contributed by atoms with E-state index in [1.165, 1.54) is 6.92 Å². The highest BCUT2D eigenvalue weighted by molar-refractivity contribution is 5.88. The number of nitrogens with zero attached hydrogens (tertiary/aromatic N) is 6. The van der Waals surface area contributed by atoms with Crippen LogP contribution < -0.4 is 21.3 Å². The Morgan fingerprint density at radius 3 is 2.29 bits per heavy atom.